The van der Waals surface area contributed by atoms with Gasteiger partial charge in [0.2, 0.25) is 0 Å². The lowest BCUT2D eigenvalue weighted by Gasteiger charge is -2.08. The van der Waals surface area contributed by atoms with Gasteiger partial charge in [-0.3, -0.25) is 0 Å². The minimum atomic E-state index is -4.89. The van der Waals surface area contributed by atoms with Crippen molar-refractivity contribution in [3.05, 3.63) is 28.6 Å². The van der Waals surface area contributed by atoms with Gasteiger partial charge in [-0.25, -0.2) is 0 Å². The third-order valence-electron chi connectivity index (χ3n) is 1.09. The Kier molecular flexibility index (Phi) is 2.51. The van der Waals surface area contributed by atoms with E-state index in [-0.39, 0.29) is 9.88 Å². The standard InChI is InChI=1S/C6H3ClF3NO2/c7-4-2-1-3-5(11(4)12)13-6(8,9)10/h1-3H. The number of aromatic nitrogens is 1. The zero-order valence-electron chi connectivity index (χ0n) is 6.01. The molecule has 13 heavy (non-hydrogen) atoms. The molecule has 1 aromatic heterocycles. The predicted octanol–water partition coefficient (Wildman–Crippen LogP) is 1.87. The molecule has 1 heterocycles. The normalized spacial score (nSPS) is 11.4. The fraction of sp³-hybridized carbons (Fsp3) is 0.167. The lowest BCUT2D eigenvalue weighted by Crippen LogP contribution is -2.33. The van der Waals surface area contributed by atoms with Gasteiger partial charge in [0, 0.05) is 6.07 Å². The van der Waals surface area contributed by atoms with Crippen molar-refractivity contribution in [2.24, 2.45) is 0 Å². The van der Waals surface area contributed by atoms with Crippen LogP contribution in [0.4, 0.5) is 13.2 Å². The topological polar surface area (TPSA) is 36.2 Å². The molecule has 0 aliphatic rings. The number of alkyl halides is 3. The smallest absolute Gasteiger partial charge is 0.577 e. The summed E-state index contributed by atoms with van der Waals surface area (Å²) < 4.78 is 38.1. The van der Waals surface area contributed by atoms with Crippen LogP contribution >= 0.6 is 11.6 Å². The first kappa shape index (κ1) is 9.91. The predicted molar refractivity (Wildman–Crippen MR) is 37.1 cm³/mol. The largest absolute Gasteiger partial charge is 0.615 e. The van der Waals surface area contributed by atoms with Gasteiger partial charge in [0.1, 0.15) is 0 Å². The number of rotatable bonds is 1. The fourth-order valence-electron chi connectivity index (χ4n) is 0.645. The maximum atomic E-state index is 11.6. The van der Waals surface area contributed by atoms with Crippen LogP contribution in [0.15, 0.2) is 18.2 Å². The van der Waals surface area contributed by atoms with Crippen molar-refractivity contribution in [3.8, 4) is 5.88 Å². The van der Waals surface area contributed by atoms with Gasteiger partial charge < -0.3 is 9.94 Å². The molecule has 0 radical (unpaired) electrons. The van der Waals surface area contributed by atoms with E-state index in [0.29, 0.717) is 0 Å². The second-order valence-electron chi connectivity index (χ2n) is 2.03. The highest BCUT2D eigenvalue weighted by Gasteiger charge is 2.34. The van der Waals surface area contributed by atoms with Crippen LogP contribution in [-0.4, -0.2) is 6.36 Å². The molecule has 0 bridgehead atoms. The molecule has 1 rings (SSSR count). The molecule has 0 N–H and O–H groups in total. The summed E-state index contributed by atoms with van der Waals surface area (Å²) in [4.78, 5) is 0. The van der Waals surface area contributed by atoms with Gasteiger partial charge in [0.05, 0.1) is 6.07 Å². The molecule has 0 atom stereocenters. The molecular weight excluding hydrogens is 211 g/mol. The third-order valence-corrected chi connectivity index (χ3v) is 1.37. The SMILES string of the molecule is [O-][n+]1c(Cl)cccc1OC(F)(F)F. The quantitative estimate of drug-likeness (QED) is 0.406. The molecular formula is C6H3ClF3NO2. The van der Waals surface area contributed by atoms with E-state index in [1.165, 1.54) is 6.07 Å². The molecule has 0 amide bonds. The molecule has 0 aliphatic heterocycles. The maximum absolute atomic E-state index is 11.6. The van der Waals surface area contributed by atoms with Gasteiger partial charge in [-0.1, -0.05) is 0 Å². The molecule has 1 aromatic rings. The summed E-state index contributed by atoms with van der Waals surface area (Å²) in [6.45, 7) is 0. The van der Waals surface area contributed by atoms with Gasteiger partial charge in [0.15, 0.2) is 0 Å². The van der Waals surface area contributed by atoms with Crippen molar-refractivity contribution in [1.29, 1.82) is 0 Å². The summed E-state index contributed by atoms with van der Waals surface area (Å²) in [5, 5.41) is 10.4. The van der Waals surface area contributed by atoms with Crippen LogP contribution in [0.25, 0.3) is 0 Å². The maximum Gasteiger partial charge on any atom is 0.577 e. The number of hydrogen-bond donors (Lipinski definition) is 0. The minimum absolute atomic E-state index is 0.158. The number of ether oxygens (including phenoxy) is 1. The first-order chi connectivity index (χ1) is 5.90. The van der Waals surface area contributed by atoms with Crippen LogP contribution < -0.4 is 9.47 Å². The van der Waals surface area contributed by atoms with Crippen LogP contribution in [0.1, 0.15) is 0 Å². The van der Waals surface area contributed by atoms with Crippen LogP contribution in [0, 0.1) is 5.21 Å². The molecule has 0 aliphatic carbocycles. The van der Waals surface area contributed by atoms with Crippen molar-refractivity contribution >= 4 is 11.6 Å². The average Bonchev–Trinajstić information content (AvgIpc) is 1.96. The van der Waals surface area contributed by atoms with E-state index < -0.39 is 12.2 Å². The molecule has 7 heteroatoms. The molecule has 72 valence electrons. The average molecular weight is 214 g/mol. The Bertz CT molecular complexity index is 315. The van der Waals surface area contributed by atoms with Gasteiger partial charge in [-0.15, -0.1) is 17.9 Å². The van der Waals surface area contributed by atoms with Gasteiger partial charge in [0.25, 0.3) is 5.15 Å². The minimum Gasteiger partial charge on any atom is -0.615 e. The number of pyridine rings is 1. The van der Waals surface area contributed by atoms with Crippen molar-refractivity contribution in [1.82, 2.24) is 0 Å². The highest BCUT2D eigenvalue weighted by atomic mass is 35.5. The molecule has 0 fully saturated rings. The summed E-state index contributed by atoms with van der Waals surface area (Å²) in [6.07, 6.45) is -4.89. The first-order valence-corrected chi connectivity index (χ1v) is 3.42. The highest BCUT2D eigenvalue weighted by Crippen LogP contribution is 2.20. The van der Waals surface area contributed by atoms with E-state index in [2.05, 4.69) is 4.74 Å². The van der Waals surface area contributed by atoms with Crippen LogP contribution in [-0.2, 0) is 0 Å². The Morgan fingerprint density at radius 1 is 1.38 bits per heavy atom. The van der Waals surface area contributed by atoms with Gasteiger partial charge in [-0.2, -0.15) is 0 Å². The number of nitrogens with zero attached hydrogens (tertiary/aromatic N) is 1. The fourth-order valence-corrected chi connectivity index (χ4v) is 0.801. The molecule has 0 saturated carbocycles. The van der Waals surface area contributed by atoms with Crippen molar-refractivity contribution in [2.45, 2.75) is 6.36 Å². The summed E-state index contributed by atoms with van der Waals surface area (Å²) in [6, 6.07) is 3.20. The van der Waals surface area contributed by atoms with Crippen molar-refractivity contribution in [3.63, 3.8) is 0 Å². The van der Waals surface area contributed by atoms with Crippen LogP contribution in [0.5, 0.6) is 5.88 Å². The number of halogens is 4. The molecule has 0 aromatic carbocycles. The Morgan fingerprint density at radius 2 is 2.00 bits per heavy atom. The lowest BCUT2D eigenvalue weighted by atomic mass is 10.5. The Labute approximate surface area is 75.9 Å². The van der Waals surface area contributed by atoms with E-state index in [1.54, 1.807) is 0 Å². The second kappa shape index (κ2) is 3.29. The summed E-state index contributed by atoms with van der Waals surface area (Å²) >= 11 is 5.25. The Hall–Kier alpha value is -1.17. The Morgan fingerprint density at radius 3 is 2.54 bits per heavy atom. The van der Waals surface area contributed by atoms with Gasteiger partial charge >= 0.3 is 12.2 Å². The molecule has 0 spiro atoms. The molecule has 0 unspecified atom stereocenters. The van der Waals surface area contributed by atoms with E-state index >= 15 is 0 Å². The summed E-state index contributed by atoms with van der Waals surface area (Å²) in [5.74, 6) is -0.903. The van der Waals surface area contributed by atoms with Crippen LogP contribution in [0.3, 0.4) is 0 Å². The van der Waals surface area contributed by atoms with Gasteiger partial charge in [-0.05, 0) is 17.7 Å². The number of hydrogen-bond acceptors (Lipinski definition) is 2. The zero-order valence-corrected chi connectivity index (χ0v) is 6.76. The first-order valence-electron chi connectivity index (χ1n) is 3.04. The third kappa shape index (κ3) is 2.66. The second-order valence-corrected chi connectivity index (χ2v) is 2.42. The summed E-state index contributed by atoms with van der Waals surface area (Å²) in [5.41, 5.74) is 0. The van der Waals surface area contributed by atoms with Crippen molar-refractivity contribution < 1.29 is 22.6 Å². The van der Waals surface area contributed by atoms with E-state index in [4.69, 9.17) is 11.6 Å². The van der Waals surface area contributed by atoms with Crippen molar-refractivity contribution in [2.75, 3.05) is 0 Å². The van der Waals surface area contributed by atoms with E-state index in [9.17, 15) is 18.4 Å². The monoisotopic (exact) mass is 213 g/mol. The zero-order chi connectivity index (χ0) is 10.1. The van der Waals surface area contributed by atoms with E-state index in [1.807, 2.05) is 0 Å². The Balaban J connectivity index is 2.96. The lowest BCUT2D eigenvalue weighted by molar-refractivity contribution is -0.617. The van der Waals surface area contributed by atoms with E-state index in [0.717, 1.165) is 12.1 Å². The molecule has 0 saturated heterocycles. The summed E-state index contributed by atoms with van der Waals surface area (Å²) in [7, 11) is 0. The molecule has 3 nitrogen and oxygen atoms in total. The van der Waals surface area contributed by atoms with Crippen LogP contribution in [0.2, 0.25) is 5.15 Å². The highest BCUT2D eigenvalue weighted by molar-refractivity contribution is 6.28.